The number of hydrogen-bond acceptors (Lipinski definition) is 5. The molecule has 7 nitrogen and oxygen atoms in total. The Balaban J connectivity index is 1.75. The summed E-state index contributed by atoms with van der Waals surface area (Å²) in [5.74, 6) is -2.72. The zero-order valence-corrected chi connectivity index (χ0v) is 17.3. The summed E-state index contributed by atoms with van der Waals surface area (Å²) in [4.78, 5) is 59.1. The van der Waals surface area contributed by atoms with Crippen LogP contribution in [0.4, 0.5) is 0 Å². The number of ketones is 2. The van der Waals surface area contributed by atoms with Crippen molar-refractivity contribution in [2.45, 2.75) is 51.4 Å². The van der Waals surface area contributed by atoms with Crippen molar-refractivity contribution in [2.24, 2.45) is 5.92 Å². The molecule has 3 rings (SSSR count). The van der Waals surface area contributed by atoms with Crippen molar-refractivity contribution in [3.63, 3.8) is 0 Å². The molecule has 1 aromatic rings. The van der Waals surface area contributed by atoms with Crippen LogP contribution in [0, 0.1) is 5.92 Å². The number of benzene rings is 1. The number of piperidine rings is 1. The second-order valence-electron chi connectivity index (χ2n) is 7.93. The van der Waals surface area contributed by atoms with Crippen LogP contribution in [0.5, 0.6) is 0 Å². The molecular weight excluding hydrogens is 398 g/mol. The SMILES string of the molecule is CC(=O)c1cccc(C2C=C2CCCCC(=O)O)c1C(=O)/C=C/C1CCC(=O)NC1=O. The first kappa shape index (κ1) is 22.3. The largest absolute Gasteiger partial charge is 0.481 e. The molecule has 1 saturated heterocycles. The van der Waals surface area contributed by atoms with Gasteiger partial charge in [0, 0.05) is 29.9 Å². The maximum absolute atomic E-state index is 13.1. The van der Waals surface area contributed by atoms with Crippen LogP contribution < -0.4 is 5.32 Å². The predicted octanol–water partition coefficient (Wildman–Crippen LogP) is 3.35. The van der Waals surface area contributed by atoms with Gasteiger partial charge in [-0.1, -0.05) is 35.9 Å². The molecule has 2 unspecified atom stereocenters. The summed E-state index contributed by atoms with van der Waals surface area (Å²) >= 11 is 0. The maximum atomic E-state index is 13.1. The summed E-state index contributed by atoms with van der Waals surface area (Å²) in [7, 11) is 0. The van der Waals surface area contributed by atoms with Crippen LogP contribution in [0.25, 0.3) is 0 Å². The van der Waals surface area contributed by atoms with Crippen LogP contribution in [0.3, 0.4) is 0 Å². The Labute approximate surface area is 180 Å². The van der Waals surface area contributed by atoms with Crippen molar-refractivity contribution < 1.29 is 29.1 Å². The first-order chi connectivity index (χ1) is 14.8. The van der Waals surface area contributed by atoms with Gasteiger partial charge in [-0.3, -0.25) is 29.3 Å². The van der Waals surface area contributed by atoms with Gasteiger partial charge in [-0.15, -0.1) is 0 Å². The Morgan fingerprint density at radius 1 is 1.19 bits per heavy atom. The minimum absolute atomic E-state index is 0.0351. The Bertz CT molecular complexity index is 1000. The number of nitrogens with one attached hydrogen (secondary N) is 1. The smallest absolute Gasteiger partial charge is 0.303 e. The number of carboxylic acid groups (broad SMARTS) is 1. The van der Waals surface area contributed by atoms with Gasteiger partial charge in [0.15, 0.2) is 11.6 Å². The highest BCUT2D eigenvalue weighted by molar-refractivity contribution is 6.14. The van der Waals surface area contributed by atoms with E-state index in [1.807, 2.05) is 12.1 Å². The van der Waals surface area contributed by atoms with E-state index < -0.39 is 17.8 Å². The van der Waals surface area contributed by atoms with Crippen molar-refractivity contribution in [3.05, 3.63) is 58.7 Å². The molecule has 162 valence electrons. The summed E-state index contributed by atoms with van der Waals surface area (Å²) in [5.41, 5.74) is 2.55. The molecule has 1 heterocycles. The fourth-order valence-electron chi connectivity index (χ4n) is 3.88. The molecule has 2 amide bonds. The number of amides is 2. The van der Waals surface area contributed by atoms with Crippen molar-refractivity contribution in [1.29, 1.82) is 0 Å². The number of hydrogen-bond donors (Lipinski definition) is 2. The van der Waals surface area contributed by atoms with E-state index >= 15 is 0 Å². The average Bonchev–Trinajstić information content (AvgIpc) is 3.49. The minimum atomic E-state index is -0.814. The van der Waals surface area contributed by atoms with Gasteiger partial charge in [-0.2, -0.15) is 0 Å². The highest BCUT2D eigenvalue weighted by Crippen LogP contribution is 2.44. The average molecular weight is 423 g/mol. The highest BCUT2D eigenvalue weighted by Gasteiger charge is 2.31. The molecule has 2 aliphatic rings. The molecule has 1 aliphatic heterocycles. The Kier molecular flexibility index (Phi) is 6.95. The van der Waals surface area contributed by atoms with Crippen LogP contribution in [0.15, 0.2) is 42.0 Å². The Morgan fingerprint density at radius 3 is 2.65 bits per heavy atom. The fraction of sp³-hybridized carbons (Fsp3) is 0.375. The molecule has 0 bridgehead atoms. The number of carboxylic acids is 1. The number of unbranched alkanes of at least 4 members (excludes halogenated alkanes) is 1. The van der Waals surface area contributed by atoms with Gasteiger partial charge in [0.25, 0.3) is 0 Å². The van der Waals surface area contributed by atoms with Crippen molar-refractivity contribution in [1.82, 2.24) is 5.32 Å². The van der Waals surface area contributed by atoms with E-state index in [1.165, 1.54) is 19.1 Å². The molecule has 0 spiro atoms. The molecular formula is C24H25NO6. The van der Waals surface area contributed by atoms with Gasteiger partial charge in [-0.25, -0.2) is 0 Å². The summed E-state index contributed by atoms with van der Waals surface area (Å²) in [6.07, 6.45) is 7.64. The standard InChI is InChI=1S/C24H25NO6/c1-14(26)17-6-4-7-18(19-13-16(19)5-2-3-8-22(29)30)23(17)20(27)11-9-15-10-12-21(28)25-24(15)31/h4,6-7,9,11,13,15,19H,2-3,5,8,10,12H2,1H3,(H,29,30)(H,25,28,31)/b11-9+. The van der Waals surface area contributed by atoms with Crippen LogP contribution in [0.1, 0.15) is 77.6 Å². The summed E-state index contributed by atoms with van der Waals surface area (Å²) in [5, 5.41) is 11.0. The molecule has 7 heteroatoms. The van der Waals surface area contributed by atoms with E-state index in [1.54, 1.807) is 12.1 Å². The van der Waals surface area contributed by atoms with Gasteiger partial charge in [-0.05, 0) is 44.2 Å². The van der Waals surface area contributed by atoms with Crippen molar-refractivity contribution in [3.8, 4) is 0 Å². The topological polar surface area (TPSA) is 118 Å². The van der Waals surface area contributed by atoms with Crippen molar-refractivity contribution in [2.75, 3.05) is 0 Å². The minimum Gasteiger partial charge on any atom is -0.481 e. The van der Waals surface area contributed by atoms with E-state index in [-0.39, 0.29) is 36.2 Å². The highest BCUT2D eigenvalue weighted by atomic mass is 16.4. The molecule has 1 aromatic carbocycles. The second-order valence-corrected chi connectivity index (χ2v) is 7.93. The van der Waals surface area contributed by atoms with Crippen LogP contribution in [-0.4, -0.2) is 34.5 Å². The van der Waals surface area contributed by atoms with Gasteiger partial charge in [0.2, 0.25) is 11.8 Å². The third kappa shape index (κ3) is 5.63. The van der Waals surface area contributed by atoms with E-state index in [2.05, 4.69) is 5.32 Å². The van der Waals surface area contributed by atoms with Gasteiger partial charge in [0.05, 0.1) is 5.92 Å². The summed E-state index contributed by atoms with van der Waals surface area (Å²) in [6, 6.07) is 5.19. The molecule has 1 aliphatic carbocycles. The lowest BCUT2D eigenvalue weighted by Gasteiger charge is -2.17. The van der Waals surface area contributed by atoms with Gasteiger partial charge in [0.1, 0.15) is 0 Å². The Morgan fingerprint density at radius 2 is 1.97 bits per heavy atom. The van der Waals surface area contributed by atoms with Crippen LogP contribution in [-0.2, 0) is 14.4 Å². The number of carbonyl (C=O) groups excluding carboxylic acids is 4. The molecule has 0 aromatic heterocycles. The van der Waals surface area contributed by atoms with E-state index in [4.69, 9.17) is 5.11 Å². The molecule has 31 heavy (non-hydrogen) atoms. The first-order valence-electron chi connectivity index (χ1n) is 10.4. The van der Waals surface area contributed by atoms with Crippen molar-refractivity contribution >= 4 is 29.4 Å². The van der Waals surface area contributed by atoms with E-state index in [0.717, 1.165) is 24.0 Å². The van der Waals surface area contributed by atoms with E-state index in [9.17, 15) is 24.0 Å². The lowest BCUT2D eigenvalue weighted by molar-refractivity contribution is -0.137. The predicted molar refractivity (Wildman–Crippen MR) is 113 cm³/mol. The number of allylic oxidation sites excluding steroid dienone is 3. The molecule has 0 radical (unpaired) electrons. The number of carbonyl (C=O) groups is 5. The molecule has 0 saturated carbocycles. The lowest BCUT2D eigenvalue weighted by atomic mass is 9.89. The third-order valence-corrected chi connectivity index (χ3v) is 5.60. The van der Waals surface area contributed by atoms with Gasteiger partial charge >= 0.3 is 5.97 Å². The monoisotopic (exact) mass is 423 g/mol. The van der Waals surface area contributed by atoms with Crippen LogP contribution in [0.2, 0.25) is 0 Å². The number of Topliss-reactive ketones (excluding diaryl/α,β-unsaturated/α-hetero) is 1. The maximum Gasteiger partial charge on any atom is 0.303 e. The zero-order chi connectivity index (χ0) is 22.5. The normalized spacial score (nSPS) is 20.4. The number of aliphatic carboxylic acids is 1. The summed E-state index contributed by atoms with van der Waals surface area (Å²) < 4.78 is 0. The molecule has 1 fully saturated rings. The first-order valence-corrected chi connectivity index (χ1v) is 10.4. The molecule has 2 N–H and O–H groups in total. The zero-order valence-electron chi connectivity index (χ0n) is 17.3. The number of rotatable bonds is 10. The quantitative estimate of drug-likeness (QED) is 0.196. The fourth-order valence-corrected chi connectivity index (χ4v) is 3.88. The second kappa shape index (κ2) is 9.64. The molecule has 2 atom stereocenters. The third-order valence-electron chi connectivity index (χ3n) is 5.60. The summed E-state index contributed by atoms with van der Waals surface area (Å²) in [6.45, 7) is 1.41. The number of imide groups is 1. The van der Waals surface area contributed by atoms with Crippen LogP contribution >= 0.6 is 0 Å². The van der Waals surface area contributed by atoms with E-state index in [0.29, 0.717) is 24.0 Å². The van der Waals surface area contributed by atoms with Gasteiger partial charge < -0.3 is 5.11 Å². The Hall–Kier alpha value is -3.35. The lowest BCUT2D eigenvalue weighted by Crippen LogP contribution is -2.39.